The number of methoxy groups -OCH3 is 1. The number of alkyl halides is 1. The highest BCUT2D eigenvalue weighted by Crippen LogP contribution is 2.52. The molecule has 1 spiro atoms. The quantitative estimate of drug-likeness (QED) is 0.251. The van der Waals surface area contributed by atoms with Crippen molar-refractivity contribution in [2.75, 3.05) is 20.3 Å². The predicted molar refractivity (Wildman–Crippen MR) is 196 cm³/mol. The summed E-state index contributed by atoms with van der Waals surface area (Å²) in [6.07, 6.45) is 6.15. The van der Waals surface area contributed by atoms with Gasteiger partial charge in [-0.15, -0.1) is 0 Å². The minimum atomic E-state index is -1.51. The second-order valence-electron chi connectivity index (χ2n) is 16.5. The summed E-state index contributed by atoms with van der Waals surface area (Å²) in [7, 11) is 1.55. The van der Waals surface area contributed by atoms with Crippen molar-refractivity contribution in [1.82, 2.24) is 15.2 Å². The van der Waals surface area contributed by atoms with Crippen LogP contribution in [0.1, 0.15) is 123 Å². The van der Waals surface area contributed by atoms with Crippen molar-refractivity contribution >= 4 is 34.7 Å². The van der Waals surface area contributed by atoms with Gasteiger partial charge in [-0.05, 0) is 77.5 Å². The summed E-state index contributed by atoms with van der Waals surface area (Å²) in [5.74, 6) is -2.25. The summed E-state index contributed by atoms with van der Waals surface area (Å²) in [4.78, 5) is 62.2. The van der Waals surface area contributed by atoms with Crippen molar-refractivity contribution in [2.45, 2.75) is 134 Å². The number of nitrogens with zero attached hydrogens (tertiary/aromatic N) is 2. The molecule has 2 aromatic rings. The Morgan fingerprint density at radius 2 is 1.91 bits per heavy atom. The molecule has 0 radical (unpaired) electrons. The van der Waals surface area contributed by atoms with Crippen molar-refractivity contribution in [1.29, 1.82) is 0 Å². The van der Waals surface area contributed by atoms with Crippen LogP contribution in [0.4, 0.5) is 4.39 Å². The molecular weight excluding hydrogens is 681 g/mol. The number of allylic oxidation sites excluding steroid dienone is 1. The van der Waals surface area contributed by atoms with Crippen LogP contribution in [0.25, 0.3) is 10.9 Å². The van der Waals surface area contributed by atoms with Gasteiger partial charge in [0.15, 0.2) is 0 Å². The molecule has 4 aliphatic rings. The highest BCUT2D eigenvalue weighted by molar-refractivity contribution is 5.96. The Morgan fingerprint density at radius 3 is 2.60 bits per heavy atom. The summed E-state index contributed by atoms with van der Waals surface area (Å²) in [5.41, 5.74) is -1.73. The number of hydrogen-bond donors (Lipinski definition) is 1. The number of esters is 2. The number of nitrogens with one attached hydrogen (secondary N) is 1. The van der Waals surface area contributed by atoms with Crippen LogP contribution < -0.4 is 14.8 Å². The SMILES string of the molecule is CCOC(=O)[C@@]12C[C@H]1/C=C\CCCCC[C@H](CC(=O)OC(C)(C)C)C(=O)N1C[C@@]3(C[C@H](F)c4c(c(C(C)C)nc5ccc(OC)cc45)O3)C[C@H]1C(=O)N2. The predicted octanol–water partition coefficient (Wildman–Crippen LogP) is 6.81. The molecule has 1 aliphatic carbocycles. The third kappa shape index (κ3) is 7.87. The average molecular weight is 736 g/mol. The van der Waals surface area contributed by atoms with E-state index < -0.39 is 58.6 Å². The zero-order chi connectivity index (χ0) is 38.3. The van der Waals surface area contributed by atoms with Crippen molar-refractivity contribution in [3.63, 3.8) is 0 Å². The Morgan fingerprint density at radius 1 is 1.13 bits per heavy atom. The molecular formula is C41H54FN3O8. The first kappa shape index (κ1) is 38.5. The highest BCUT2D eigenvalue weighted by atomic mass is 19.1. The number of pyridine rings is 1. The highest BCUT2D eigenvalue weighted by Gasteiger charge is 2.63. The van der Waals surface area contributed by atoms with Gasteiger partial charge in [-0.2, -0.15) is 0 Å². The normalized spacial score (nSPS) is 29.6. The van der Waals surface area contributed by atoms with Gasteiger partial charge in [0.2, 0.25) is 11.8 Å². The molecule has 11 nitrogen and oxygen atoms in total. The fourth-order valence-electron chi connectivity index (χ4n) is 8.26. The van der Waals surface area contributed by atoms with Gasteiger partial charge < -0.3 is 29.2 Å². The van der Waals surface area contributed by atoms with Crippen LogP contribution >= 0.6 is 0 Å². The van der Waals surface area contributed by atoms with Crippen LogP contribution in [0.15, 0.2) is 30.4 Å². The molecule has 2 amide bonds. The largest absolute Gasteiger partial charge is 0.497 e. The van der Waals surface area contributed by atoms with E-state index >= 15 is 4.39 Å². The van der Waals surface area contributed by atoms with Crippen LogP contribution in [0, 0.1) is 11.8 Å². The number of aromatic nitrogens is 1. The van der Waals surface area contributed by atoms with E-state index in [1.807, 2.05) is 26.0 Å². The number of amides is 2. The minimum Gasteiger partial charge on any atom is -0.497 e. The summed E-state index contributed by atoms with van der Waals surface area (Å²) in [6, 6.07) is 4.24. The maximum absolute atomic E-state index is 16.9. The van der Waals surface area contributed by atoms with Crippen molar-refractivity contribution in [2.24, 2.45) is 11.8 Å². The second-order valence-corrected chi connectivity index (χ2v) is 16.5. The zero-order valence-electron chi connectivity index (χ0n) is 32.1. The van der Waals surface area contributed by atoms with E-state index in [9.17, 15) is 19.2 Å². The van der Waals surface area contributed by atoms with E-state index in [-0.39, 0.29) is 44.2 Å². The molecule has 288 valence electrons. The molecule has 0 bridgehead atoms. The Hall–Kier alpha value is -4.22. The monoisotopic (exact) mass is 735 g/mol. The van der Waals surface area contributed by atoms with Crippen molar-refractivity contribution in [3.05, 3.63) is 41.6 Å². The first-order valence-corrected chi connectivity index (χ1v) is 19.1. The van der Waals surface area contributed by atoms with Crippen LogP contribution in [0.3, 0.4) is 0 Å². The van der Waals surface area contributed by atoms with Gasteiger partial charge in [-0.25, -0.2) is 14.2 Å². The van der Waals surface area contributed by atoms with E-state index in [4.69, 9.17) is 23.9 Å². The van der Waals surface area contributed by atoms with Gasteiger partial charge in [0, 0.05) is 35.6 Å². The summed E-state index contributed by atoms with van der Waals surface area (Å²) in [6.45, 7) is 11.0. The van der Waals surface area contributed by atoms with Gasteiger partial charge in [0.05, 0.1) is 37.9 Å². The number of benzene rings is 1. The van der Waals surface area contributed by atoms with E-state index in [0.717, 1.165) is 19.3 Å². The van der Waals surface area contributed by atoms with E-state index in [2.05, 4.69) is 5.32 Å². The van der Waals surface area contributed by atoms with Gasteiger partial charge in [-0.1, -0.05) is 38.8 Å². The van der Waals surface area contributed by atoms with Gasteiger partial charge in [-0.3, -0.25) is 14.4 Å². The number of ether oxygens (including phenoxy) is 4. The molecule has 4 heterocycles. The third-order valence-electron chi connectivity index (χ3n) is 10.9. The molecule has 1 aromatic heterocycles. The second kappa shape index (κ2) is 14.9. The number of carbonyl (C=O) groups excluding carboxylic acids is 4. The first-order valence-electron chi connectivity index (χ1n) is 19.1. The van der Waals surface area contributed by atoms with Gasteiger partial charge in [0.1, 0.15) is 40.5 Å². The van der Waals surface area contributed by atoms with E-state index in [1.165, 1.54) is 4.90 Å². The third-order valence-corrected chi connectivity index (χ3v) is 10.9. The molecule has 1 saturated heterocycles. The molecule has 53 heavy (non-hydrogen) atoms. The molecule has 1 aromatic carbocycles. The van der Waals surface area contributed by atoms with Crippen LogP contribution in [0.2, 0.25) is 0 Å². The van der Waals surface area contributed by atoms with Crippen LogP contribution in [-0.2, 0) is 28.7 Å². The van der Waals surface area contributed by atoms with Gasteiger partial charge >= 0.3 is 11.9 Å². The number of rotatable bonds is 6. The Kier molecular flexibility index (Phi) is 10.8. The van der Waals surface area contributed by atoms with E-state index in [0.29, 0.717) is 52.9 Å². The lowest BCUT2D eigenvalue weighted by atomic mass is 9.85. The van der Waals surface area contributed by atoms with Crippen LogP contribution in [0.5, 0.6) is 11.5 Å². The molecule has 6 atom stereocenters. The first-order chi connectivity index (χ1) is 25.1. The number of carbonyl (C=O) groups is 4. The zero-order valence-corrected chi connectivity index (χ0v) is 32.1. The lowest BCUT2D eigenvalue weighted by molar-refractivity contribution is -0.159. The maximum atomic E-state index is 16.9. The smallest absolute Gasteiger partial charge is 0.332 e. The summed E-state index contributed by atoms with van der Waals surface area (Å²) >= 11 is 0. The molecule has 3 aliphatic heterocycles. The molecule has 6 rings (SSSR count). The number of fused-ring (bicyclic) bond motifs is 5. The summed E-state index contributed by atoms with van der Waals surface area (Å²) in [5, 5.41) is 3.57. The summed E-state index contributed by atoms with van der Waals surface area (Å²) < 4.78 is 40.3. The lowest BCUT2D eigenvalue weighted by Crippen LogP contribution is -2.54. The maximum Gasteiger partial charge on any atom is 0.332 e. The lowest BCUT2D eigenvalue weighted by Gasteiger charge is -2.39. The molecule has 2 fully saturated rings. The Labute approximate surface area is 311 Å². The van der Waals surface area contributed by atoms with E-state index in [1.54, 1.807) is 53.0 Å². The standard InChI is InChI=1S/C41H54FN3O8/c1-8-51-38(49)41-20-26(41)15-13-11-9-10-12-14-25(18-32(46)52-39(4,5)6)37(48)45-23-40(22-31(45)36(47)44-41)21-29(42)33-28-19-27(50-7)16-17-30(28)43-34(24(2)3)35(33)53-40/h13,15-17,19,24-26,29,31H,8-12,14,18,20-23H2,1-7H3,(H,44,47)/b15-13-/t25-,26-,29+,31+,40-,41-/m1/s1. The fourth-order valence-corrected chi connectivity index (χ4v) is 8.26. The average Bonchev–Trinajstić information content (AvgIpc) is 3.66. The Balaban J connectivity index is 1.41. The van der Waals surface area contributed by atoms with Crippen molar-refractivity contribution in [3.8, 4) is 11.5 Å². The molecule has 12 heteroatoms. The number of halogens is 1. The van der Waals surface area contributed by atoms with Gasteiger partial charge in [0.25, 0.3) is 0 Å². The van der Waals surface area contributed by atoms with Crippen molar-refractivity contribution < 1.29 is 42.5 Å². The fraction of sp³-hybridized carbons (Fsp3) is 0.634. The van der Waals surface area contributed by atoms with Crippen LogP contribution in [-0.4, -0.2) is 76.7 Å². The molecule has 1 N–H and O–H groups in total. The molecule has 0 unspecified atom stereocenters. The topological polar surface area (TPSA) is 133 Å². The minimum absolute atomic E-state index is 0.0172. The Bertz CT molecular complexity index is 1790. The number of hydrogen-bond acceptors (Lipinski definition) is 9. The molecule has 1 saturated carbocycles.